The van der Waals surface area contributed by atoms with Gasteiger partial charge in [-0.3, -0.25) is 9.59 Å². The summed E-state index contributed by atoms with van der Waals surface area (Å²) in [7, 11) is 3.87. The molecule has 0 aromatic heterocycles. The fourth-order valence-electron chi connectivity index (χ4n) is 4.19. The molecule has 1 aliphatic heterocycles. The van der Waals surface area contributed by atoms with Gasteiger partial charge in [0.15, 0.2) is 11.5 Å². The van der Waals surface area contributed by atoms with Crippen LogP contribution in [0, 0.1) is 5.82 Å². The number of rotatable bonds is 12. The number of likely N-dealkylation sites (tertiary alicyclic amines) is 1. The Morgan fingerprint density at radius 2 is 1.75 bits per heavy atom. The first-order chi connectivity index (χ1) is 17.3. The normalized spacial score (nSPS) is 17.2. The van der Waals surface area contributed by atoms with Crippen LogP contribution in [0.5, 0.6) is 11.5 Å². The van der Waals surface area contributed by atoms with Gasteiger partial charge in [0.2, 0.25) is 0 Å². The number of carbonyl (C=O) groups is 2. The highest BCUT2D eigenvalue weighted by Crippen LogP contribution is 2.42. The predicted octanol–water partition coefficient (Wildman–Crippen LogP) is 4.78. The summed E-state index contributed by atoms with van der Waals surface area (Å²) >= 11 is 0. The van der Waals surface area contributed by atoms with E-state index >= 15 is 0 Å². The lowest BCUT2D eigenvalue weighted by Gasteiger charge is -2.26. The van der Waals surface area contributed by atoms with Gasteiger partial charge in [-0.05, 0) is 82.4 Å². The zero-order valence-electron chi connectivity index (χ0n) is 21.4. The van der Waals surface area contributed by atoms with Crippen LogP contribution >= 0.6 is 0 Å². The van der Waals surface area contributed by atoms with Crippen molar-refractivity contribution >= 4 is 17.4 Å². The second kappa shape index (κ2) is 12.5. The van der Waals surface area contributed by atoms with Crippen LogP contribution in [-0.2, 0) is 9.59 Å². The number of benzene rings is 2. The highest BCUT2D eigenvalue weighted by molar-refractivity contribution is 6.46. The Bertz CT molecular complexity index is 1100. The Labute approximate surface area is 212 Å². The van der Waals surface area contributed by atoms with Crippen molar-refractivity contribution in [2.24, 2.45) is 0 Å². The third-order valence-electron chi connectivity index (χ3n) is 6.00. The summed E-state index contributed by atoms with van der Waals surface area (Å²) in [6.07, 6.45) is 2.54. The monoisotopic (exact) mass is 498 g/mol. The molecule has 0 radical (unpaired) electrons. The molecule has 3 rings (SSSR count). The minimum absolute atomic E-state index is 0.0291. The van der Waals surface area contributed by atoms with E-state index in [1.54, 1.807) is 18.2 Å². The molecule has 7 nitrogen and oxygen atoms in total. The number of nitrogens with zero attached hydrogens (tertiary/aromatic N) is 2. The molecule has 1 unspecified atom stereocenters. The van der Waals surface area contributed by atoms with Gasteiger partial charge in [0.05, 0.1) is 24.8 Å². The Morgan fingerprint density at radius 3 is 2.39 bits per heavy atom. The predicted molar refractivity (Wildman–Crippen MR) is 137 cm³/mol. The standard InChI is InChI=1S/C28H35FN2O5/c1-5-7-17-36-22-14-11-20(18-23(22)35-6-2)25-24(26(32)19-9-12-21(29)13-10-19)27(33)28(34)31(25)16-8-15-30(3)4/h9-14,18,25,32H,5-8,15-17H2,1-4H3/b26-24+. The van der Waals surface area contributed by atoms with Crippen molar-refractivity contribution in [2.75, 3.05) is 40.4 Å². The van der Waals surface area contributed by atoms with Crippen molar-refractivity contribution < 1.29 is 28.6 Å². The fourth-order valence-corrected chi connectivity index (χ4v) is 4.19. The van der Waals surface area contributed by atoms with Crippen molar-refractivity contribution in [1.29, 1.82) is 0 Å². The Kier molecular flexibility index (Phi) is 9.47. The number of ether oxygens (including phenoxy) is 2. The van der Waals surface area contributed by atoms with Crippen LogP contribution in [0.4, 0.5) is 4.39 Å². The molecule has 1 amide bonds. The SMILES string of the molecule is CCCCOc1ccc(C2/C(=C(\O)c3ccc(F)cc3)C(=O)C(=O)N2CCCN(C)C)cc1OCC. The minimum Gasteiger partial charge on any atom is -0.507 e. The van der Waals surface area contributed by atoms with Crippen molar-refractivity contribution in [3.05, 3.63) is 65.0 Å². The molecular formula is C28H35FN2O5. The number of Topliss-reactive ketones (excluding diaryl/α,β-unsaturated/α-hetero) is 1. The molecule has 1 fully saturated rings. The van der Waals surface area contributed by atoms with Crippen LogP contribution in [0.25, 0.3) is 5.76 Å². The van der Waals surface area contributed by atoms with Gasteiger partial charge >= 0.3 is 0 Å². The summed E-state index contributed by atoms with van der Waals surface area (Å²) in [6, 6.07) is 9.68. The van der Waals surface area contributed by atoms with Crippen molar-refractivity contribution in [2.45, 2.75) is 39.2 Å². The van der Waals surface area contributed by atoms with Crippen LogP contribution in [0.3, 0.4) is 0 Å². The first-order valence-corrected chi connectivity index (χ1v) is 12.4. The van der Waals surface area contributed by atoms with Crippen molar-refractivity contribution in [3.8, 4) is 11.5 Å². The Morgan fingerprint density at radius 1 is 1.03 bits per heavy atom. The van der Waals surface area contributed by atoms with E-state index in [0.717, 1.165) is 19.4 Å². The van der Waals surface area contributed by atoms with Gasteiger partial charge in [0.1, 0.15) is 11.6 Å². The third-order valence-corrected chi connectivity index (χ3v) is 6.00. The lowest BCUT2D eigenvalue weighted by molar-refractivity contribution is -0.139. The van der Waals surface area contributed by atoms with Gasteiger partial charge in [0.25, 0.3) is 11.7 Å². The maximum atomic E-state index is 13.5. The van der Waals surface area contributed by atoms with Crippen molar-refractivity contribution in [3.63, 3.8) is 0 Å². The summed E-state index contributed by atoms with van der Waals surface area (Å²) in [5.74, 6) is -1.16. The summed E-state index contributed by atoms with van der Waals surface area (Å²) in [4.78, 5) is 29.8. The minimum atomic E-state index is -0.818. The molecule has 2 aromatic carbocycles. The van der Waals surface area contributed by atoms with E-state index in [-0.39, 0.29) is 16.9 Å². The van der Waals surface area contributed by atoms with Gasteiger partial charge in [-0.2, -0.15) is 0 Å². The number of carbonyl (C=O) groups excluding carboxylic acids is 2. The highest BCUT2D eigenvalue weighted by Gasteiger charge is 2.46. The molecular weight excluding hydrogens is 463 g/mol. The molecule has 8 heteroatoms. The Balaban J connectivity index is 2.09. The summed E-state index contributed by atoms with van der Waals surface area (Å²) in [5, 5.41) is 11.1. The fraction of sp³-hybridized carbons (Fsp3) is 0.429. The number of aliphatic hydroxyl groups is 1. The molecule has 1 N–H and O–H groups in total. The number of unbranched alkanes of at least 4 members (excludes halogenated alkanes) is 1. The number of aliphatic hydroxyl groups excluding tert-OH is 1. The average molecular weight is 499 g/mol. The van der Waals surface area contributed by atoms with Gasteiger partial charge < -0.3 is 24.4 Å². The topological polar surface area (TPSA) is 79.3 Å². The van der Waals surface area contributed by atoms with Gasteiger partial charge in [-0.1, -0.05) is 19.4 Å². The number of amides is 1. The number of ketones is 1. The smallest absolute Gasteiger partial charge is 0.295 e. The molecule has 194 valence electrons. The van der Waals surface area contributed by atoms with Gasteiger partial charge in [-0.25, -0.2) is 4.39 Å². The number of halogens is 1. The van der Waals surface area contributed by atoms with Crippen LogP contribution in [0.2, 0.25) is 0 Å². The van der Waals surface area contributed by atoms with E-state index in [1.807, 2.05) is 25.9 Å². The molecule has 0 spiro atoms. The van der Waals surface area contributed by atoms with Gasteiger partial charge in [0, 0.05) is 12.1 Å². The molecule has 0 aliphatic carbocycles. The lowest BCUT2D eigenvalue weighted by Crippen LogP contribution is -2.32. The molecule has 0 saturated carbocycles. The molecule has 1 atom stereocenters. The molecule has 1 heterocycles. The second-order valence-electron chi connectivity index (χ2n) is 9.00. The summed E-state index contributed by atoms with van der Waals surface area (Å²) in [6.45, 7) is 5.95. The third kappa shape index (κ3) is 6.23. The van der Waals surface area contributed by atoms with E-state index in [0.29, 0.717) is 43.2 Å². The highest BCUT2D eigenvalue weighted by atomic mass is 19.1. The molecule has 1 saturated heterocycles. The molecule has 1 aliphatic rings. The Hall–Kier alpha value is -3.39. The summed E-state index contributed by atoms with van der Waals surface area (Å²) in [5.41, 5.74) is 0.852. The number of hydrogen-bond donors (Lipinski definition) is 1. The van der Waals surface area contributed by atoms with Crippen LogP contribution in [-0.4, -0.2) is 67.0 Å². The van der Waals surface area contributed by atoms with Crippen molar-refractivity contribution in [1.82, 2.24) is 9.80 Å². The molecule has 2 aromatic rings. The maximum Gasteiger partial charge on any atom is 0.295 e. The van der Waals surface area contributed by atoms with Crippen LogP contribution in [0.15, 0.2) is 48.0 Å². The molecule has 36 heavy (non-hydrogen) atoms. The largest absolute Gasteiger partial charge is 0.507 e. The molecule has 0 bridgehead atoms. The van der Waals surface area contributed by atoms with Crippen LogP contribution < -0.4 is 9.47 Å². The van der Waals surface area contributed by atoms with E-state index in [2.05, 4.69) is 6.92 Å². The van der Waals surface area contributed by atoms with Crippen LogP contribution in [0.1, 0.15) is 50.3 Å². The maximum absolute atomic E-state index is 13.5. The average Bonchev–Trinajstić information content (AvgIpc) is 3.10. The first kappa shape index (κ1) is 27.2. The zero-order valence-corrected chi connectivity index (χ0v) is 21.4. The van der Waals surface area contributed by atoms with Gasteiger partial charge in [-0.15, -0.1) is 0 Å². The zero-order chi connectivity index (χ0) is 26.2. The second-order valence-corrected chi connectivity index (χ2v) is 9.00. The van der Waals surface area contributed by atoms with E-state index < -0.39 is 23.5 Å². The van der Waals surface area contributed by atoms with E-state index in [4.69, 9.17) is 9.47 Å². The van der Waals surface area contributed by atoms with E-state index in [9.17, 15) is 19.1 Å². The van der Waals surface area contributed by atoms with E-state index in [1.165, 1.54) is 29.2 Å². The number of hydrogen-bond acceptors (Lipinski definition) is 6. The first-order valence-electron chi connectivity index (χ1n) is 12.4. The quantitative estimate of drug-likeness (QED) is 0.196. The lowest BCUT2D eigenvalue weighted by atomic mass is 9.95. The summed E-state index contributed by atoms with van der Waals surface area (Å²) < 4.78 is 25.2.